The number of carbonyl (C=O) groups is 1. The van der Waals surface area contributed by atoms with Gasteiger partial charge in [-0.25, -0.2) is 4.39 Å². The van der Waals surface area contributed by atoms with E-state index in [1.165, 1.54) is 6.07 Å². The second kappa shape index (κ2) is 7.17. The summed E-state index contributed by atoms with van der Waals surface area (Å²) in [5.74, 6) is -0.0800. The highest BCUT2D eigenvalue weighted by atomic mass is 19.1. The largest absolute Gasteiger partial charge is 0.496 e. The number of H-pyrrole nitrogens is 1. The van der Waals surface area contributed by atoms with Gasteiger partial charge in [-0.3, -0.25) is 9.89 Å². The van der Waals surface area contributed by atoms with E-state index in [-0.39, 0.29) is 11.7 Å². The van der Waals surface area contributed by atoms with E-state index < -0.39 is 6.04 Å². The maximum Gasteiger partial charge on any atom is 0.251 e. The fourth-order valence-electron chi connectivity index (χ4n) is 2.65. The molecule has 0 unspecified atom stereocenters. The lowest BCUT2D eigenvalue weighted by Crippen LogP contribution is -2.27. The molecule has 0 radical (unpaired) electrons. The Morgan fingerprint density at radius 1 is 1.28 bits per heavy atom. The smallest absolute Gasteiger partial charge is 0.251 e. The minimum atomic E-state index is -0.451. The number of methoxy groups -OCH3 is 1. The molecule has 0 aliphatic heterocycles. The van der Waals surface area contributed by atoms with Crippen LogP contribution in [-0.4, -0.2) is 23.2 Å². The Morgan fingerprint density at radius 3 is 2.76 bits per heavy atom. The third kappa shape index (κ3) is 3.52. The van der Waals surface area contributed by atoms with Crippen molar-refractivity contribution < 1.29 is 13.9 Å². The predicted molar refractivity (Wildman–Crippen MR) is 92.9 cm³/mol. The molecule has 6 heteroatoms. The van der Waals surface area contributed by atoms with Gasteiger partial charge in [-0.05, 0) is 31.2 Å². The fraction of sp³-hybridized carbons (Fsp3) is 0.158. The molecule has 1 atom stereocenters. The molecule has 3 rings (SSSR count). The lowest BCUT2D eigenvalue weighted by Gasteiger charge is -2.16. The van der Waals surface area contributed by atoms with Crippen molar-refractivity contribution in [2.24, 2.45) is 0 Å². The average molecular weight is 339 g/mol. The summed E-state index contributed by atoms with van der Waals surface area (Å²) in [6, 6.07) is 11.1. The van der Waals surface area contributed by atoms with Gasteiger partial charge in [0.05, 0.1) is 19.3 Å². The second-order valence-corrected chi connectivity index (χ2v) is 5.62. The van der Waals surface area contributed by atoms with Gasteiger partial charge in [0, 0.05) is 28.5 Å². The number of nitrogens with one attached hydrogen (secondary N) is 2. The minimum absolute atomic E-state index is 0.298. The summed E-state index contributed by atoms with van der Waals surface area (Å²) >= 11 is 0. The van der Waals surface area contributed by atoms with Gasteiger partial charge in [-0.2, -0.15) is 5.10 Å². The van der Waals surface area contributed by atoms with E-state index in [9.17, 15) is 9.18 Å². The van der Waals surface area contributed by atoms with Gasteiger partial charge in [-0.1, -0.05) is 18.2 Å². The third-order valence-electron chi connectivity index (χ3n) is 3.99. The van der Waals surface area contributed by atoms with Crippen molar-refractivity contribution in [2.75, 3.05) is 7.11 Å². The highest BCUT2D eigenvalue weighted by molar-refractivity contribution is 5.95. The summed E-state index contributed by atoms with van der Waals surface area (Å²) in [5, 5.41) is 9.47. The van der Waals surface area contributed by atoms with Crippen molar-refractivity contribution in [1.29, 1.82) is 0 Å². The van der Waals surface area contributed by atoms with Crippen LogP contribution in [0.5, 0.6) is 5.75 Å². The van der Waals surface area contributed by atoms with Crippen LogP contribution in [0.25, 0.3) is 11.1 Å². The molecule has 5 nitrogen and oxygen atoms in total. The van der Waals surface area contributed by atoms with E-state index >= 15 is 0 Å². The fourth-order valence-corrected chi connectivity index (χ4v) is 2.65. The summed E-state index contributed by atoms with van der Waals surface area (Å²) in [7, 11) is 1.54. The molecule has 0 saturated carbocycles. The monoisotopic (exact) mass is 339 g/mol. The van der Waals surface area contributed by atoms with E-state index in [1.54, 1.807) is 62.8 Å². The number of rotatable bonds is 5. The Balaban J connectivity index is 1.82. The molecular weight excluding hydrogens is 321 g/mol. The van der Waals surface area contributed by atoms with Gasteiger partial charge in [0.25, 0.3) is 5.91 Å². The van der Waals surface area contributed by atoms with Crippen molar-refractivity contribution >= 4 is 5.91 Å². The lowest BCUT2D eigenvalue weighted by molar-refractivity contribution is 0.0939. The van der Waals surface area contributed by atoms with Crippen LogP contribution in [0.1, 0.15) is 28.9 Å². The van der Waals surface area contributed by atoms with Crippen LogP contribution >= 0.6 is 0 Å². The van der Waals surface area contributed by atoms with E-state index in [1.807, 2.05) is 0 Å². The molecule has 0 fully saturated rings. The molecule has 0 bridgehead atoms. The van der Waals surface area contributed by atoms with Crippen molar-refractivity contribution in [3.63, 3.8) is 0 Å². The number of hydrogen-bond donors (Lipinski definition) is 2. The molecular formula is C19H18FN3O2. The minimum Gasteiger partial charge on any atom is -0.496 e. The van der Waals surface area contributed by atoms with Crippen LogP contribution in [0.2, 0.25) is 0 Å². The first-order valence-corrected chi connectivity index (χ1v) is 7.82. The van der Waals surface area contributed by atoms with Gasteiger partial charge in [0.1, 0.15) is 11.6 Å². The number of aromatic amines is 1. The second-order valence-electron chi connectivity index (χ2n) is 5.62. The van der Waals surface area contributed by atoms with Crippen LogP contribution in [0, 0.1) is 5.82 Å². The summed E-state index contributed by atoms with van der Waals surface area (Å²) in [5.41, 5.74) is 2.57. The molecule has 1 amide bonds. The van der Waals surface area contributed by atoms with Crippen LogP contribution in [0.3, 0.4) is 0 Å². The van der Waals surface area contributed by atoms with Crippen LogP contribution in [0.4, 0.5) is 4.39 Å². The van der Waals surface area contributed by atoms with Gasteiger partial charge in [0.2, 0.25) is 0 Å². The zero-order valence-electron chi connectivity index (χ0n) is 13.9. The Hall–Kier alpha value is -3.15. The zero-order chi connectivity index (χ0) is 17.8. The SMILES string of the molecule is COc1cc(C(=O)N[C@H](C)c2ccccc2F)ccc1-c1cn[nH]c1. The first-order chi connectivity index (χ1) is 12.1. The molecule has 1 heterocycles. The maximum absolute atomic E-state index is 13.8. The first kappa shape index (κ1) is 16.7. The molecule has 25 heavy (non-hydrogen) atoms. The van der Waals surface area contributed by atoms with Crippen LogP contribution in [0.15, 0.2) is 54.9 Å². The van der Waals surface area contributed by atoms with Gasteiger partial charge in [0.15, 0.2) is 0 Å². The average Bonchev–Trinajstić information content (AvgIpc) is 3.15. The van der Waals surface area contributed by atoms with Crippen molar-refractivity contribution in [2.45, 2.75) is 13.0 Å². The topological polar surface area (TPSA) is 67.0 Å². The number of nitrogens with zero attached hydrogens (tertiary/aromatic N) is 1. The highest BCUT2D eigenvalue weighted by Gasteiger charge is 2.16. The highest BCUT2D eigenvalue weighted by Crippen LogP contribution is 2.30. The number of aromatic nitrogens is 2. The Morgan fingerprint density at radius 2 is 2.08 bits per heavy atom. The molecule has 3 aromatic rings. The Labute approximate surface area is 144 Å². The molecule has 0 aliphatic carbocycles. The van der Waals surface area contributed by atoms with Crippen molar-refractivity contribution in [1.82, 2.24) is 15.5 Å². The number of benzene rings is 2. The summed E-state index contributed by atoms with van der Waals surface area (Å²) in [4.78, 5) is 12.5. The molecule has 2 aromatic carbocycles. The summed E-state index contributed by atoms with van der Waals surface area (Å²) < 4.78 is 19.2. The number of halogens is 1. The molecule has 0 saturated heterocycles. The van der Waals surface area contributed by atoms with E-state index in [2.05, 4.69) is 15.5 Å². The summed E-state index contributed by atoms with van der Waals surface area (Å²) in [6.07, 6.45) is 3.43. The number of hydrogen-bond acceptors (Lipinski definition) is 3. The number of amides is 1. The molecule has 128 valence electrons. The van der Waals surface area contributed by atoms with Crippen molar-refractivity contribution in [3.8, 4) is 16.9 Å². The molecule has 0 spiro atoms. The molecule has 2 N–H and O–H groups in total. The van der Waals surface area contributed by atoms with E-state index in [0.29, 0.717) is 16.9 Å². The summed E-state index contributed by atoms with van der Waals surface area (Å²) in [6.45, 7) is 1.74. The van der Waals surface area contributed by atoms with Gasteiger partial charge < -0.3 is 10.1 Å². The predicted octanol–water partition coefficient (Wildman–Crippen LogP) is 3.72. The zero-order valence-corrected chi connectivity index (χ0v) is 13.9. The Kier molecular flexibility index (Phi) is 4.79. The lowest BCUT2D eigenvalue weighted by atomic mass is 10.0. The van der Waals surface area contributed by atoms with E-state index in [0.717, 1.165) is 11.1 Å². The van der Waals surface area contributed by atoms with Crippen LogP contribution in [-0.2, 0) is 0 Å². The molecule has 1 aromatic heterocycles. The number of carbonyl (C=O) groups excluding carboxylic acids is 1. The Bertz CT molecular complexity index is 878. The normalized spacial score (nSPS) is 11.8. The van der Waals surface area contributed by atoms with Gasteiger partial charge >= 0.3 is 0 Å². The first-order valence-electron chi connectivity index (χ1n) is 7.82. The van der Waals surface area contributed by atoms with Crippen molar-refractivity contribution in [3.05, 3.63) is 71.8 Å². The quantitative estimate of drug-likeness (QED) is 0.744. The standard InChI is InChI=1S/C19H18FN3O2/c1-12(15-5-3-4-6-17(15)20)23-19(24)13-7-8-16(18(9-13)25-2)14-10-21-22-11-14/h3-12H,1-2H3,(H,21,22)(H,23,24)/t12-/m1/s1. The van der Waals surface area contributed by atoms with Crippen LogP contribution < -0.4 is 10.1 Å². The number of ether oxygens (including phenoxy) is 1. The van der Waals surface area contributed by atoms with Gasteiger partial charge in [-0.15, -0.1) is 0 Å². The molecule has 0 aliphatic rings. The van der Waals surface area contributed by atoms with E-state index in [4.69, 9.17) is 4.74 Å². The third-order valence-corrected chi connectivity index (χ3v) is 3.99. The maximum atomic E-state index is 13.8.